The third-order valence-electron chi connectivity index (χ3n) is 5.25. The fourth-order valence-corrected chi connectivity index (χ4v) is 4.93. The van der Waals surface area contributed by atoms with Crippen LogP contribution in [0.4, 0.5) is 0 Å². The summed E-state index contributed by atoms with van der Waals surface area (Å²) in [5, 5.41) is 10.5. The molecular weight excluding hydrogens is 308 g/mol. The molecule has 0 aliphatic carbocycles. The number of aryl methyl sites for hydroxylation is 2. The highest BCUT2D eigenvalue weighted by Gasteiger charge is 2.35. The minimum absolute atomic E-state index is 0.0615. The van der Waals surface area contributed by atoms with Crippen LogP contribution in [0.2, 0.25) is 0 Å². The number of thiophene rings is 1. The zero-order valence-corrected chi connectivity index (χ0v) is 14.5. The minimum atomic E-state index is 0.0615. The molecule has 5 nitrogen and oxygen atoms in total. The van der Waals surface area contributed by atoms with Crippen molar-refractivity contribution >= 4 is 17.2 Å². The highest BCUT2D eigenvalue weighted by atomic mass is 32.1. The number of carbonyl (C=O) groups is 1. The molecule has 2 aromatic heterocycles. The van der Waals surface area contributed by atoms with E-state index in [-0.39, 0.29) is 12.0 Å². The Kier molecular flexibility index (Phi) is 3.71. The van der Waals surface area contributed by atoms with Crippen LogP contribution in [0.15, 0.2) is 11.4 Å². The van der Waals surface area contributed by atoms with Gasteiger partial charge in [0.2, 0.25) is 5.91 Å². The molecule has 0 unspecified atom stereocenters. The smallest absolute Gasteiger partial charge is 0.228 e. The van der Waals surface area contributed by atoms with Gasteiger partial charge in [-0.15, -0.1) is 21.5 Å². The SMILES string of the molecule is CC[C@H]1c2ccsc2CCN1C(=O)[C@@H]1CCc2nnc(C)n2C1. The summed E-state index contributed by atoms with van der Waals surface area (Å²) in [5.74, 6) is 2.32. The fraction of sp³-hybridized carbons (Fsp3) is 0.588. The topological polar surface area (TPSA) is 51.0 Å². The normalized spacial score (nSPS) is 23.5. The van der Waals surface area contributed by atoms with Crippen molar-refractivity contribution in [1.82, 2.24) is 19.7 Å². The molecule has 0 bridgehead atoms. The Morgan fingerprint density at radius 3 is 3.09 bits per heavy atom. The number of aromatic nitrogens is 3. The second-order valence-electron chi connectivity index (χ2n) is 6.51. The molecule has 2 atom stereocenters. The summed E-state index contributed by atoms with van der Waals surface area (Å²) in [5.41, 5.74) is 1.37. The summed E-state index contributed by atoms with van der Waals surface area (Å²) in [6.45, 7) is 5.74. The third-order valence-corrected chi connectivity index (χ3v) is 6.24. The highest BCUT2D eigenvalue weighted by Crippen LogP contribution is 2.36. The van der Waals surface area contributed by atoms with Gasteiger partial charge in [0.15, 0.2) is 0 Å². The molecular formula is C17H22N4OS. The first-order valence-corrected chi connectivity index (χ1v) is 9.32. The van der Waals surface area contributed by atoms with E-state index in [2.05, 4.69) is 38.0 Å². The predicted molar refractivity (Wildman–Crippen MR) is 89.3 cm³/mol. The summed E-state index contributed by atoms with van der Waals surface area (Å²) in [7, 11) is 0. The van der Waals surface area contributed by atoms with Crippen LogP contribution in [-0.2, 0) is 24.2 Å². The lowest BCUT2D eigenvalue weighted by atomic mass is 9.92. The second-order valence-corrected chi connectivity index (χ2v) is 7.52. The van der Waals surface area contributed by atoms with E-state index in [0.717, 1.165) is 50.4 Å². The Morgan fingerprint density at radius 1 is 1.39 bits per heavy atom. The van der Waals surface area contributed by atoms with Gasteiger partial charge in [0, 0.05) is 24.4 Å². The molecule has 0 radical (unpaired) electrons. The van der Waals surface area contributed by atoms with Crippen molar-refractivity contribution < 1.29 is 4.79 Å². The van der Waals surface area contributed by atoms with Crippen molar-refractivity contribution in [2.24, 2.45) is 5.92 Å². The van der Waals surface area contributed by atoms with E-state index in [1.54, 1.807) is 0 Å². The standard InChI is InChI=1S/C17H22N4OS/c1-3-14-13-7-9-23-15(13)6-8-20(14)17(22)12-4-5-16-19-18-11(2)21(16)10-12/h7,9,12,14H,3-6,8,10H2,1-2H3/t12-,14+/m1/s1. The van der Waals surface area contributed by atoms with Crippen molar-refractivity contribution in [3.05, 3.63) is 33.5 Å². The van der Waals surface area contributed by atoms with E-state index in [9.17, 15) is 4.79 Å². The number of hydrogen-bond acceptors (Lipinski definition) is 4. The molecule has 0 N–H and O–H groups in total. The van der Waals surface area contributed by atoms with Crippen molar-refractivity contribution in [3.63, 3.8) is 0 Å². The number of amides is 1. The zero-order valence-electron chi connectivity index (χ0n) is 13.7. The van der Waals surface area contributed by atoms with E-state index >= 15 is 0 Å². The fourth-order valence-electron chi connectivity index (χ4n) is 4.00. The molecule has 6 heteroatoms. The molecule has 4 rings (SSSR count). The molecule has 2 aliphatic heterocycles. The average Bonchev–Trinajstić information content (AvgIpc) is 3.20. The predicted octanol–water partition coefficient (Wildman–Crippen LogP) is 2.75. The van der Waals surface area contributed by atoms with Gasteiger partial charge in [-0.05, 0) is 43.2 Å². The first kappa shape index (κ1) is 14.9. The molecule has 0 aromatic carbocycles. The number of hydrogen-bond donors (Lipinski definition) is 0. The Bertz CT molecular complexity index is 735. The number of nitrogens with zero attached hydrogens (tertiary/aromatic N) is 4. The van der Waals surface area contributed by atoms with Crippen molar-refractivity contribution in [2.75, 3.05) is 6.54 Å². The summed E-state index contributed by atoms with van der Waals surface area (Å²) in [6.07, 6.45) is 3.73. The van der Waals surface area contributed by atoms with Gasteiger partial charge in [0.1, 0.15) is 11.6 Å². The lowest BCUT2D eigenvalue weighted by Crippen LogP contribution is -2.44. The van der Waals surface area contributed by atoms with Gasteiger partial charge in [-0.25, -0.2) is 0 Å². The maximum atomic E-state index is 13.2. The molecule has 2 aliphatic rings. The average molecular weight is 330 g/mol. The van der Waals surface area contributed by atoms with Gasteiger partial charge < -0.3 is 9.47 Å². The Morgan fingerprint density at radius 2 is 2.26 bits per heavy atom. The minimum Gasteiger partial charge on any atom is -0.335 e. The van der Waals surface area contributed by atoms with E-state index in [0.29, 0.717) is 5.91 Å². The van der Waals surface area contributed by atoms with Crippen LogP contribution < -0.4 is 0 Å². The zero-order chi connectivity index (χ0) is 16.0. The molecule has 23 heavy (non-hydrogen) atoms. The molecule has 122 valence electrons. The molecule has 4 heterocycles. The van der Waals surface area contributed by atoms with Gasteiger partial charge in [-0.3, -0.25) is 4.79 Å². The molecule has 0 fully saturated rings. The summed E-state index contributed by atoms with van der Waals surface area (Å²) < 4.78 is 2.12. The van der Waals surface area contributed by atoms with Crippen molar-refractivity contribution in [2.45, 2.75) is 52.1 Å². The lowest BCUT2D eigenvalue weighted by Gasteiger charge is -2.38. The van der Waals surface area contributed by atoms with Crippen LogP contribution in [0.5, 0.6) is 0 Å². The van der Waals surface area contributed by atoms with Gasteiger partial charge >= 0.3 is 0 Å². The monoisotopic (exact) mass is 330 g/mol. The van der Waals surface area contributed by atoms with Gasteiger partial charge in [-0.2, -0.15) is 0 Å². The quantitative estimate of drug-likeness (QED) is 0.851. The summed E-state index contributed by atoms with van der Waals surface area (Å²) >= 11 is 1.83. The van der Waals surface area contributed by atoms with Gasteiger partial charge in [-0.1, -0.05) is 6.92 Å². The Balaban J connectivity index is 1.57. The Labute approximate surface area is 140 Å². The van der Waals surface area contributed by atoms with Crippen LogP contribution >= 0.6 is 11.3 Å². The lowest BCUT2D eigenvalue weighted by molar-refractivity contribution is -0.139. The first-order valence-electron chi connectivity index (χ1n) is 8.44. The number of fused-ring (bicyclic) bond motifs is 2. The van der Waals surface area contributed by atoms with Gasteiger partial charge in [0.05, 0.1) is 12.0 Å². The molecule has 2 aromatic rings. The highest BCUT2D eigenvalue weighted by molar-refractivity contribution is 7.10. The second kappa shape index (κ2) is 5.74. The summed E-state index contributed by atoms with van der Waals surface area (Å²) in [4.78, 5) is 16.8. The van der Waals surface area contributed by atoms with Crippen LogP contribution in [0.25, 0.3) is 0 Å². The van der Waals surface area contributed by atoms with E-state index in [1.165, 1.54) is 10.4 Å². The number of rotatable bonds is 2. The Hall–Kier alpha value is -1.69. The molecule has 1 amide bonds. The molecule has 0 saturated carbocycles. The van der Waals surface area contributed by atoms with E-state index in [1.807, 2.05) is 18.3 Å². The first-order chi connectivity index (χ1) is 11.2. The molecule has 0 spiro atoms. The third kappa shape index (κ3) is 2.40. The number of carbonyl (C=O) groups excluding carboxylic acids is 1. The maximum absolute atomic E-state index is 13.2. The maximum Gasteiger partial charge on any atom is 0.228 e. The molecule has 0 saturated heterocycles. The van der Waals surface area contributed by atoms with Crippen molar-refractivity contribution in [1.29, 1.82) is 0 Å². The van der Waals surface area contributed by atoms with E-state index < -0.39 is 0 Å². The van der Waals surface area contributed by atoms with Crippen LogP contribution in [0, 0.1) is 12.8 Å². The van der Waals surface area contributed by atoms with Gasteiger partial charge in [0.25, 0.3) is 0 Å². The van der Waals surface area contributed by atoms with Crippen molar-refractivity contribution in [3.8, 4) is 0 Å². The largest absolute Gasteiger partial charge is 0.335 e. The van der Waals surface area contributed by atoms with Crippen LogP contribution in [0.3, 0.4) is 0 Å². The summed E-state index contributed by atoms with van der Waals surface area (Å²) in [6, 6.07) is 2.46. The van der Waals surface area contributed by atoms with E-state index in [4.69, 9.17) is 0 Å². The van der Waals surface area contributed by atoms with Crippen LogP contribution in [0.1, 0.15) is 47.9 Å². The van der Waals surface area contributed by atoms with Crippen LogP contribution in [-0.4, -0.2) is 32.1 Å².